The number of nitrogens with one attached hydrogen (secondary N) is 3. The van der Waals surface area contributed by atoms with Crippen molar-refractivity contribution in [2.45, 2.75) is 43.4 Å². The fraction of sp³-hybridized carbons (Fsp3) is 0.400. The molecular weight excluding hydrogens is 508 g/mol. The second-order valence-corrected chi connectivity index (χ2v) is 12.2. The second-order valence-electron chi connectivity index (χ2n) is 10.4. The lowest BCUT2D eigenvalue weighted by Gasteiger charge is -2.28. The molecule has 1 aliphatic carbocycles. The lowest BCUT2D eigenvalue weighted by molar-refractivity contribution is 0.284. The number of fused-ring (bicyclic) bond motifs is 2. The molecule has 0 saturated heterocycles. The second kappa shape index (κ2) is 12.7. The maximum absolute atomic E-state index is 13.1. The van der Waals surface area contributed by atoms with Gasteiger partial charge < -0.3 is 16.4 Å². The molecule has 1 aliphatic rings. The van der Waals surface area contributed by atoms with Crippen molar-refractivity contribution in [1.29, 1.82) is 0 Å². The van der Waals surface area contributed by atoms with Crippen LogP contribution in [0.3, 0.4) is 0 Å². The molecule has 5 rings (SSSR count). The van der Waals surface area contributed by atoms with Gasteiger partial charge in [0.1, 0.15) is 5.82 Å². The highest BCUT2D eigenvalue weighted by atomic mass is 32.2. The highest BCUT2D eigenvalue weighted by molar-refractivity contribution is 7.89. The maximum Gasteiger partial charge on any atom is 0.241 e. The molecule has 8 nitrogen and oxygen atoms in total. The van der Waals surface area contributed by atoms with Crippen molar-refractivity contribution in [3.63, 3.8) is 0 Å². The molecule has 1 aromatic heterocycles. The number of para-hydroxylation sites is 1. The van der Waals surface area contributed by atoms with Crippen molar-refractivity contribution in [1.82, 2.24) is 14.7 Å². The Balaban J connectivity index is 1.13. The Morgan fingerprint density at radius 2 is 1.46 bits per heavy atom. The molecule has 1 heterocycles. The van der Waals surface area contributed by atoms with Gasteiger partial charge in [0, 0.05) is 30.4 Å². The van der Waals surface area contributed by atoms with Gasteiger partial charge in [-0.15, -0.1) is 0 Å². The van der Waals surface area contributed by atoms with Crippen LogP contribution in [0, 0.1) is 11.8 Å². The average Bonchev–Trinajstić information content (AvgIpc) is 2.97. The summed E-state index contributed by atoms with van der Waals surface area (Å²) >= 11 is 0. The van der Waals surface area contributed by atoms with E-state index < -0.39 is 10.0 Å². The van der Waals surface area contributed by atoms with Crippen molar-refractivity contribution in [2.75, 3.05) is 36.8 Å². The molecule has 206 valence electrons. The lowest BCUT2D eigenvalue weighted by Crippen LogP contribution is -2.32. The number of nitrogens with zero attached hydrogens (tertiary/aromatic N) is 2. The van der Waals surface area contributed by atoms with Gasteiger partial charge in [0.25, 0.3) is 0 Å². The minimum absolute atomic E-state index is 0.340. The summed E-state index contributed by atoms with van der Waals surface area (Å²) in [6, 6.07) is 21.1. The van der Waals surface area contributed by atoms with E-state index in [9.17, 15) is 8.42 Å². The van der Waals surface area contributed by atoms with Gasteiger partial charge in [-0.25, -0.2) is 18.1 Å². The number of aromatic nitrogens is 2. The van der Waals surface area contributed by atoms with Gasteiger partial charge in [0.15, 0.2) is 0 Å². The zero-order chi connectivity index (χ0) is 27.1. The summed E-state index contributed by atoms with van der Waals surface area (Å²) in [5, 5.41) is 9.62. The minimum Gasteiger partial charge on any atom is -0.369 e. The minimum atomic E-state index is -3.57. The predicted octanol–water partition coefficient (Wildman–Crippen LogP) is 5.13. The summed E-state index contributed by atoms with van der Waals surface area (Å²) < 4.78 is 29.1. The van der Waals surface area contributed by atoms with Crippen LogP contribution in [0.15, 0.2) is 71.6 Å². The monoisotopic (exact) mass is 546 g/mol. The van der Waals surface area contributed by atoms with Gasteiger partial charge in [-0.2, -0.15) is 4.98 Å². The van der Waals surface area contributed by atoms with E-state index in [1.165, 1.54) is 0 Å². The third-order valence-corrected chi connectivity index (χ3v) is 9.12. The summed E-state index contributed by atoms with van der Waals surface area (Å²) in [6.07, 6.45) is 6.07. The first-order valence-electron chi connectivity index (χ1n) is 14.0. The van der Waals surface area contributed by atoms with E-state index in [1.54, 1.807) is 12.1 Å². The molecule has 39 heavy (non-hydrogen) atoms. The van der Waals surface area contributed by atoms with Gasteiger partial charge in [0.2, 0.25) is 16.0 Å². The highest BCUT2D eigenvalue weighted by Crippen LogP contribution is 2.30. The molecule has 4 aromatic rings. The Morgan fingerprint density at radius 1 is 0.769 bits per heavy atom. The molecule has 3 aromatic carbocycles. The molecule has 5 N–H and O–H groups in total. The molecule has 1 saturated carbocycles. The number of unbranched alkanes of at least 4 members (excludes halogenated alkanes) is 1. The van der Waals surface area contributed by atoms with Crippen LogP contribution < -0.4 is 21.1 Å². The van der Waals surface area contributed by atoms with Gasteiger partial charge in [0.05, 0.1) is 10.4 Å². The lowest BCUT2D eigenvalue weighted by atomic mass is 9.82. The van der Waals surface area contributed by atoms with Crippen LogP contribution in [0.1, 0.15) is 38.5 Å². The Bertz CT molecular complexity index is 1500. The van der Waals surface area contributed by atoms with E-state index in [1.807, 2.05) is 54.6 Å². The number of nitrogens with two attached hydrogens (primary N) is 1. The first-order valence-corrected chi connectivity index (χ1v) is 15.4. The van der Waals surface area contributed by atoms with Crippen molar-refractivity contribution < 1.29 is 8.42 Å². The van der Waals surface area contributed by atoms with Crippen LogP contribution >= 0.6 is 0 Å². The van der Waals surface area contributed by atoms with E-state index in [4.69, 9.17) is 15.7 Å². The Morgan fingerprint density at radius 3 is 2.26 bits per heavy atom. The zero-order valence-corrected chi connectivity index (χ0v) is 23.1. The fourth-order valence-corrected chi connectivity index (χ4v) is 6.72. The van der Waals surface area contributed by atoms with E-state index in [2.05, 4.69) is 15.4 Å². The number of hydrogen-bond acceptors (Lipinski definition) is 7. The number of rotatable bonds is 12. The number of hydrogen-bond donors (Lipinski definition) is 4. The molecule has 0 atom stereocenters. The van der Waals surface area contributed by atoms with Crippen LogP contribution in [-0.4, -0.2) is 44.6 Å². The normalized spacial score (nSPS) is 17.9. The quantitative estimate of drug-likeness (QED) is 0.182. The molecule has 0 spiro atoms. The van der Waals surface area contributed by atoms with E-state index in [-0.39, 0.29) is 0 Å². The van der Waals surface area contributed by atoms with E-state index in [0.717, 1.165) is 79.1 Å². The molecule has 1 fully saturated rings. The van der Waals surface area contributed by atoms with E-state index >= 15 is 0 Å². The van der Waals surface area contributed by atoms with Crippen molar-refractivity contribution >= 4 is 43.5 Å². The van der Waals surface area contributed by atoms with Crippen LogP contribution in [0.2, 0.25) is 0 Å². The molecule has 0 amide bonds. The van der Waals surface area contributed by atoms with Crippen molar-refractivity contribution in [3.8, 4) is 0 Å². The smallest absolute Gasteiger partial charge is 0.241 e. The Hall–Kier alpha value is -3.27. The largest absolute Gasteiger partial charge is 0.369 e. The first-order chi connectivity index (χ1) is 19.0. The highest BCUT2D eigenvalue weighted by Gasteiger charge is 2.24. The summed E-state index contributed by atoms with van der Waals surface area (Å²) in [6.45, 7) is 2.79. The molecular formula is C30H38N6O2S. The number of anilines is 2. The SMILES string of the molecule is NCCCCNc1nc(NCC2CCC(CNS(=O)(=O)c3cccc4ccccc34)CC2)nc2ccccc12. The molecule has 0 unspecified atom stereocenters. The third-order valence-electron chi connectivity index (χ3n) is 7.64. The van der Waals surface area contributed by atoms with Crippen LogP contribution in [0.4, 0.5) is 11.8 Å². The van der Waals surface area contributed by atoms with Gasteiger partial charge in [-0.1, -0.05) is 48.5 Å². The summed E-state index contributed by atoms with van der Waals surface area (Å²) in [7, 11) is -3.57. The summed E-state index contributed by atoms with van der Waals surface area (Å²) in [5.74, 6) is 2.33. The summed E-state index contributed by atoms with van der Waals surface area (Å²) in [5.41, 5.74) is 6.54. The zero-order valence-electron chi connectivity index (χ0n) is 22.3. The van der Waals surface area contributed by atoms with Crippen LogP contribution in [0.5, 0.6) is 0 Å². The van der Waals surface area contributed by atoms with Gasteiger partial charge >= 0.3 is 0 Å². The van der Waals surface area contributed by atoms with Crippen LogP contribution in [0.25, 0.3) is 21.7 Å². The number of benzene rings is 3. The van der Waals surface area contributed by atoms with Gasteiger partial charge in [-0.05, 0) is 80.5 Å². The topological polar surface area (TPSA) is 122 Å². The van der Waals surface area contributed by atoms with E-state index in [0.29, 0.717) is 35.8 Å². The number of sulfonamides is 1. The maximum atomic E-state index is 13.1. The first kappa shape index (κ1) is 27.3. The standard InChI is InChI=1S/C30H38N6O2S/c31-18-5-6-19-32-29-26-11-3-4-12-27(26)35-30(36-29)33-20-22-14-16-23(17-15-22)21-34-39(37,38)28-13-7-9-24-8-1-2-10-25(24)28/h1-4,7-13,22-23,34H,5-6,14-21,31H2,(H2,32,33,35,36). The Kier molecular flexibility index (Phi) is 8.91. The van der Waals surface area contributed by atoms with Crippen LogP contribution in [-0.2, 0) is 10.0 Å². The third kappa shape index (κ3) is 6.84. The van der Waals surface area contributed by atoms with Crippen molar-refractivity contribution in [3.05, 3.63) is 66.7 Å². The molecule has 9 heteroatoms. The predicted molar refractivity (Wildman–Crippen MR) is 159 cm³/mol. The van der Waals surface area contributed by atoms with Crippen molar-refractivity contribution in [2.24, 2.45) is 17.6 Å². The average molecular weight is 547 g/mol. The summed E-state index contributed by atoms with van der Waals surface area (Å²) in [4.78, 5) is 9.84. The molecule has 0 radical (unpaired) electrons. The molecule has 0 aliphatic heterocycles. The van der Waals surface area contributed by atoms with Gasteiger partial charge in [-0.3, -0.25) is 0 Å². The fourth-order valence-electron chi connectivity index (χ4n) is 5.38. The Labute approximate surface area is 230 Å². The molecule has 0 bridgehead atoms.